The van der Waals surface area contributed by atoms with E-state index in [2.05, 4.69) is 110 Å². The highest BCUT2D eigenvalue weighted by atomic mass is 14.5. The number of rotatable bonds is 5. The minimum atomic E-state index is 1.01. The predicted molar refractivity (Wildman–Crippen MR) is 130 cm³/mol. The quantitative estimate of drug-likeness (QED) is 0.354. The van der Waals surface area contributed by atoms with Crippen molar-refractivity contribution >= 4 is 11.1 Å². The second kappa shape index (κ2) is 9.11. The van der Waals surface area contributed by atoms with E-state index in [1.54, 1.807) is 6.20 Å². The van der Waals surface area contributed by atoms with Gasteiger partial charge in [0.25, 0.3) is 0 Å². The lowest BCUT2D eigenvalue weighted by Crippen LogP contribution is -1.89. The van der Waals surface area contributed by atoms with Gasteiger partial charge in [0.05, 0.1) is 0 Å². The Hall–Kier alpha value is -3.84. The molecule has 146 valence electrons. The molecule has 2 N–H and O–H groups in total. The maximum Gasteiger partial charge on any atom is 0.00176 e. The highest BCUT2D eigenvalue weighted by Gasteiger charge is 2.04. The molecule has 0 heterocycles. The molecular formula is C29H25N. The van der Waals surface area contributed by atoms with Gasteiger partial charge in [0, 0.05) is 6.20 Å². The third kappa shape index (κ3) is 4.42. The number of hydrogen-bond donors (Lipinski definition) is 1. The minimum absolute atomic E-state index is 1.01. The molecule has 0 aliphatic rings. The first-order valence-corrected chi connectivity index (χ1v) is 10.2. The van der Waals surface area contributed by atoms with E-state index in [-0.39, 0.29) is 0 Å². The van der Waals surface area contributed by atoms with Gasteiger partial charge in [-0.1, -0.05) is 109 Å². The van der Waals surface area contributed by atoms with Crippen molar-refractivity contribution in [3.63, 3.8) is 0 Å². The summed E-state index contributed by atoms with van der Waals surface area (Å²) in [6, 6.07) is 38.1. The first-order chi connectivity index (χ1) is 14.7. The predicted octanol–water partition coefficient (Wildman–Crippen LogP) is 7.42. The van der Waals surface area contributed by atoms with E-state index in [0.717, 1.165) is 11.1 Å². The highest BCUT2D eigenvalue weighted by molar-refractivity contribution is 5.84. The number of hydrogen-bond acceptors (Lipinski definition) is 1. The molecule has 1 nitrogen and oxygen atoms in total. The van der Waals surface area contributed by atoms with E-state index in [9.17, 15) is 0 Å². The number of nitrogens with two attached hydrogens (primary N) is 1. The fraction of sp³-hybridized carbons (Fsp3) is 0.0345. The lowest BCUT2D eigenvalue weighted by atomic mass is 9.97. The van der Waals surface area contributed by atoms with Crippen LogP contribution in [0.2, 0.25) is 0 Å². The van der Waals surface area contributed by atoms with E-state index in [4.69, 9.17) is 5.73 Å². The third-order valence-corrected chi connectivity index (χ3v) is 5.32. The Morgan fingerprint density at radius 3 is 1.37 bits per heavy atom. The van der Waals surface area contributed by atoms with Crippen LogP contribution in [0.5, 0.6) is 0 Å². The summed E-state index contributed by atoms with van der Waals surface area (Å²) in [4.78, 5) is 0. The molecule has 0 saturated carbocycles. The van der Waals surface area contributed by atoms with Gasteiger partial charge in [0.2, 0.25) is 0 Å². The van der Waals surface area contributed by atoms with Gasteiger partial charge in [-0.25, -0.2) is 0 Å². The largest absolute Gasteiger partial charge is 0.404 e. The third-order valence-electron chi connectivity index (χ3n) is 5.32. The molecule has 0 aliphatic heterocycles. The second-order valence-electron chi connectivity index (χ2n) is 7.34. The second-order valence-corrected chi connectivity index (χ2v) is 7.34. The fourth-order valence-corrected chi connectivity index (χ4v) is 3.59. The molecule has 0 amide bonds. The zero-order chi connectivity index (χ0) is 20.8. The average molecular weight is 388 g/mol. The summed E-state index contributed by atoms with van der Waals surface area (Å²) in [7, 11) is 0. The van der Waals surface area contributed by atoms with Gasteiger partial charge in [-0.05, 0) is 57.5 Å². The summed E-state index contributed by atoms with van der Waals surface area (Å²) < 4.78 is 0. The summed E-state index contributed by atoms with van der Waals surface area (Å²) >= 11 is 0. The lowest BCUT2D eigenvalue weighted by Gasteiger charge is -2.09. The zero-order valence-corrected chi connectivity index (χ0v) is 17.1. The Morgan fingerprint density at radius 1 is 0.533 bits per heavy atom. The molecule has 0 fully saturated rings. The lowest BCUT2D eigenvalue weighted by molar-refractivity contribution is 1.52. The SMILES string of the molecule is C/C(=C\C(=C/N)c1ccc(-c2ccccc2)cc1)c1ccc(-c2ccccc2)cc1. The van der Waals surface area contributed by atoms with Gasteiger partial charge >= 0.3 is 0 Å². The van der Waals surface area contributed by atoms with E-state index >= 15 is 0 Å². The minimum Gasteiger partial charge on any atom is -0.404 e. The molecular weight excluding hydrogens is 362 g/mol. The summed E-state index contributed by atoms with van der Waals surface area (Å²) in [5.74, 6) is 0. The Balaban J connectivity index is 1.55. The van der Waals surface area contributed by atoms with Crippen molar-refractivity contribution < 1.29 is 0 Å². The van der Waals surface area contributed by atoms with Crippen molar-refractivity contribution in [2.45, 2.75) is 6.92 Å². The summed E-state index contributed by atoms with van der Waals surface area (Å²) in [5, 5.41) is 0. The molecule has 0 unspecified atom stereocenters. The van der Waals surface area contributed by atoms with Crippen LogP contribution in [0.3, 0.4) is 0 Å². The Labute approximate surface area is 178 Å². The van der Waals surface area contributed by atoms with Gasteiger partial charge in [-0.15, -0.1) is 0 Å². The van der Waals surface area contributed by atoms with Crippen LogP contribution >= 0.6 is 0 Å². The van der Waals surface area contributed by atoms with Crippen LogP contribution in [0, 0.1) is 0 Å². The first-order valence-electron chi connectivity index (χ1n) is 10.2. The maximum absolute atomic E-state index is 5.97. The number of allylic oxidation sites excluding steroid dienone is 3. The molecule has 1 heteroatoms. The van der Waals surface area contributed by atoms with Gasteiger partial charge in [0.1, 0.15) is 0 Å². The van der Waals surface area contributed by atoms with Crippen LogP contribution in [-0.4, -0.2) is 0 Å². The normalized spacial score (nSPS) is 12.0. The van der Waals surface area contributed by atoms with Gasteiger partial charge in [0.15, 0.2) is 0 Å². The standard InChI is InChI=1S/C29H25N/c1-22(23-12-14-26(15-13-23)24-8-4-2-5-9-24)20-29(21-30)28-18-16-27(17-19-28)25-10-6-3-7-11-25/h2-21H,30H2,1H3/b22-20+,29-21+. The van der Waals surface area contributed by atoms with Crippen LogP contribution in [0.15, 0.2) is 121 Å². The van der Waals surface area contributed by atoms with E-state index in [0.29, 0.717) is 0 Å². The topological polar surface area (TPSA) is 26.0 Å². The molecule has 0 spiro atoms. The first kappa shape index (κ1) is 19.5. The summed E-state index contributed by atoms with van der Waals surface area (Å²) in [5.41, 5.74) is 15.3. The van der Waals surface area contributed by atoms with Crippen molar-refractivity contribution in [1.82, 2.24) is 0 Å². The molecule has 0 radical (unpaired) electrons. The Kier molecular flexibility index (Phi) is 5.91. The smallest absolute Gasteiger partial charge is 0.00176 e. The van der Waals surface area contributed by atoms with Crippen LogP contribution in [-0.2, 0) is 0 Å². The van der Waals surface area contributed by atoms with Crippen molar-refractivity contribution in [3.8, 4) is 22.3 Å². The van der Waals surface area contributed by atoms with Gasteiger partial charge in [-0.2, -0.15) is 0 Å². The molecule has 0 atom stereocenters. The Bertz CT molecular complexity index is 1150. The van der Waals surface area contributed by atoms with Gasteiger partial charge < -0.3 is 5.73 Å². The van der Waals surface area contributed by atoms with E-state index in [1.807, 2.05) is 12.1 Å². The van der Waals surface area contributed by atoms with E-state index in [1.165, 1.54) is 33.4 Å². The molecule has 0 aliphatic carbocycles. The van der Waals surface area contributed by atoms with Crippen molar-refractivity contribution in [2.75, 3.05) is 0 Å². The average Bonchev–Trinajstić information content (AvgIpc) is 2.84. The van der Waals surface area contributed by atoms with Crippen LogP contribution in [0.4, 0.5) is 0 Å². The molecule has 0 aromatic heterocycles. The summed E-state index contributed by atoms with van der Waals surface area (Å²) in [6.07, 6.45) is 3.83. The highest BCUT2D eigenvalue weighted by Crippen LogP contribution is 2.27. The van der Waals surface area contributed by atoms with Crippen molar-refractivity contribution in [3.05, 3.63) is 133 Å². The van der Waals surface area contributed by atoms with Crippen molar-refractivity contribution in [1.29, 1.82) is 0 Å². The monoisotopic (exact) mass is 387 g/mol. The molecule has 30 heavy (non-hydrogen) atoms. The zero-order valence-electron chi connectivity index (χ0n) is 17.1. The van der Waals surface area contributed by atoms with Crippen LogP contribution in [0.25, 0.3) is 33.4 Å². The molecule has 4 rings (SSSR count). The number of benzene rings is 4. The summed E-state index contributed by atoms with van der Waals surface area (Å²) in [6.45, 7) is 2.12. The maximum atomic E-state index is 5.97. The van der Waals surface area contributed by atoms with Crippen LogP contribution < -0.4 is 5.73 Å². The molecule has 4 aromatic carbocycles. The van der Waals surface area contributed by atoms with Gasteiger partial charge in [-0.3, -0.25) is 0 Å². The van der Waals surface area contributed by atoms with E-state index < -0.39 is 0 Å². The molecule has 0 saturated heterocycles. The molecule has 4 aromatic rings. The Morgan fingerprint density at radius 2 is 0.933 bits per heavy atom. The van der Waals surface area contributed by atoms with Crippen molar-refractivity contribution in [2.24, 2.45) is 5.73 Å². The molecule has 0 bridgehead atoms. The fourth-order valence-electron chi connectivity index (χ4n) is 3.59. The van der Waals surface area contributed by atoms with Crippen LogP contribution in [0.1, 0.15) is 18.1 Å².